The number of aryl methyl sites for hydroxylation is 1. The minimum absolute atomic E-state index is 0.365. The van der Waals surface area contributed by atoms with Crippen molar-refractivity contribution in [1.82, 2.24) is 15.2 Å². The average molecular weight is 358 g/mol. The van der Waals surface area contributed by atoms with Gasteiger partial charge >= 0.3 is 6.03 Å². The van der Waals surface area contributed by atoms with Gasteiger partial charge in [-0.1, -0.05) is 48.5 Å². The Balaban J connectivity index is 1.72. The third-order valence-corrected chi connectivity index (χ3v) is 3.69. The summed E-state index contributed by atoms with van der Waals surface area (Å²) in [6.45, 7) is 0.492. The number of hydrogen-bond donors (Lipinski definition) is 2. The first-order chi connectivity index (χ1) is 13.3. The van der Waals surface area contributed by atoms with Crippen molar-refractivity contribution in [1.29, 1.82) is 5.26 Å². The SMILES string of the molecule is N#CCCn1cc(/C=N\NC(=O)Nc2ccccc2)c(-c2ccccc2)n1. The highest BCUT2D eigenvalue weighted by Crippen LogP contribution is 2.20. The zero-order chi connectivity index (χ0) is 18.9. The van der Waals surface area contributed by atoms with Crippen LogP contribution in [0.4, 0.5) is 10.5 Å². The number of rotatable bonds is 6. The average Bonchev–Trinajstić information content (AvgIpc) is 3.11. The van der Waals surface area contributed by atoms with Crippen molar-refractivity contribution in [3.63, 3.8) is 0 Å². The topological polar surface area (TPSA) is 95.1 Å². The minimum Gasteiger partial charge on any atom is -0.307 e. The summed E-state index contributed by atoms with van der Waals surface area (Å²) in [5.74, 6) is 0. The lowest BCUT2D eigenvalue weighted by molar-refractivity contribution is 0.252. The molecule has 0 unspecified atom stereocenters. The van der Waals surface area contributed by atoms with Crippen molar-refractivity contribution in [2.24, 2.45) is 5.10 Å². The largest absolute Gasteiger partial charge is 0.339 e. The summed E-state index contributed by atoms with van der Waals surface area (Å²) in [7, 11) is 0. The standard InChI is InChI=1S/C20H18N6O/c21-12-7-13-26-15-17(19(25-26)16-8-3-1-4-9-16)14-22-24-20(27)23-18-10-5-2-6-11-18/h1-6,8-11,14-15H,7,13H2,(H2,23,24,27)/b22-14-. The highest BCUT2D eigenvalue weighted by molar-refractivity contribution is 5.92. The number of amides is 2. The van der Waals surface area contributed by atoms with Crippen molar-refractivity contribution in [2.45, 2.75) is 13.0 Å². The van der Waals surface area contributed by atoms with E-state index in [-0.39, 0.29) is 0 Å². The number of para-hydroxylation sites is 1. The van der Waals surface area contributed by atoms with Gasteiger partial charge in [-0.3, -0.25) is 4.68 Å². The van der Waals surface area contributed by atoms with Crippen LogP contribution in [0.5, 0.6) is 0 Å². The Bertz CT molecular complexity index is 957. The number of nitrogens with zero attached hydrogens (tertiary/aromatic N) is 4. The summed E-state index contributed by atoms with van der Waals surface area (Å²) in [4.78, 5) is 11.9. The minimum atomic E-state index is -0.435. The number of carbonyl (C=O) groups excluding carboxylic acids is 1. The first-order valence-electron chi connectivity index (χ1n) is 8.41. The summed E-state index contributed by atoms with van der Waals surface area (Å²) in [6, 6.07) is 20.5. The molecule has 0 aliphatic carbocycles. The van der Waals surface area contributed by atoms with Gasteiger partial charge in [0, 0.05) is 23.0 Å². The first-order valence-corrected chi connectivity index (χ1v) is 8.41. The zero-order valence-corrected chi connectivity index (χ0v) is 14.5. The Morgan fingerprint density at radius 1 is 1.15 bits per heavy atom. The molecule has 0 fully saturated rings. The van der Waals surface area contributed by atoms with Crippen LogP contribution in [0, 0.1) is 11.3 Å². The first kappa shape index (κ1) is 17.9. The summed E-state index contributed by atoms with van der Waals surface area (Å²) in [5.41, 5.74) is 5.54. The van der Waals surface area contributed by atoms with Crippen molar-refractivity contribution in [3.05, 3.63) is 72.4 Å². The number of hydrogen-bond acceptors (Lipinski definition) is 4. The molecule has 0 bridgehead atoms. The van der Waals surface area contributed by atoms with E-state index >= 15 is 0 Å². The summed E-state index contributed by atoms with van der Waals surface area (Å²) in [6.07, 6.45) is 3.72. The van der Waals surface area contributed by atoms with Gasteiger partial charge in [0.1, 0.15) is 5.69 Å². The van der Waals surface area contributed by atoms with Crippen LogP contribution >= 0.6 is 0 Å². The van der Waals surface area contributed by atoms with E-state index in [1.54, 1.807) is 29.2 Å². The number of hydrazone groups is 1. The second-order valence-electron chi connectivity index (χ2n) is 5.66. The summed E-state index contributed by atoms with van der Waals surface area (Å²) >= 11 is 0. The van der Waals surface area contributed by atoms with E-state index in [0.29, 0.717) is 18.7 Å². The van der Waals surface area contributed by atoms with Crippen LogP contribution in [0.3, 0.4) is 0 Å². The van der Waals surface area contributed by atoms with Crippen LogP contribution in [0.15, 0.2) is 72.0 Å². The maximum Gasteiger partial charge on any atom is 0.339 e. The molecule has 0 radical (unpaired) electrons. The summed E-state index contributed by atoms with van der Waals surface area (Å²) < 4.78 is 1.71. The van der Waals surface area contributed by atoms with E-state index in [1.165, 1.54) is 0 Å². The Morgan fingerprint density at radius 2 is 1.85 bits per heavy atom. The molecule has 7 nitrogen and oxygen atoms in total. The molecular formula is C20H18N6O. The van der Waals surface area contributed by atoms with E-state index < -0.39 is 6.03 Å². The molecule has 2 amide bonds. The molecule has 27 heavy (non-hydrogen) atoms. The van der Waals surface area contributed by atoms with Crippen LogP contribution < -0.4 is 10.7 Å². The van der Waals surface area contributed by atoms with E-state index in [1.807, 2.05) is 48.5 Å². The Morgan fingerprint density at radius 3 is 2.56 bits per heavy atom. The van der Waals surface area contributed by atoms with Gasteiger partial charge in [0.05, 0.1) is 25.2 Å². The van der Waals surface area contributed by atoms with Gasteiger partial charge in [0.25, 0.3) is 0 Å². The molecule has 3 aromatic rings. The van der Waals surface area contributed by atoms with Gasteiger partial charge in [0.2, 0.25) is 0 Å². The molecule has 134 valence electrons. The molecule has 1 heterocycles. The molecular weight excluding hydrogens is 340 g/mol. The van der Waals surface area contributed by atoms with Gasteiger partial charge in [0.15, 0.2) is 0 Å². The second-order valence-corrected chi connectivity index (χ2v) is 5.66. The summed E-state index contributed by atoms with van der Waals surface area (Å²) in [5, 5.41) is 20.0. The Labute approximate surface area is 156 Å². The molecule has 0 atom stereocenters. The molecule has 0 aliphatic rings. The number of carbonyl (C=O) groups is 1. The number of anilines is 1. The molecule has 2 N–H and O–H groups in total. The maximum absolute atomic E-state index is 11.9. The third kappa shape index (κ3) is 5.03. The van der Waals surface area contributed by atoms with Gasteiger partial charge in [-0.15, -0.1) is 0 Å². The molecule has 3 rings (SSSR count). The lowest BCUT2D eigenvalue weighted by Crippen LogP contribution is -2.24. The van der Waals surface area contributed by atoms with Gasteiger partial charge in [-0.25, -0.2) is 10.2 Å². The van der Waals surface area contributed by atoms with Gasteiger partial charge in [-0.05, 0) is 12.1 Å². The number of nitrogens with one attached hydrogen (secondary N) is 2. The van der Waals surface area contributed by atoms with Crippen molar-refractivity contribution >= 4 is 17.9 Å². The fourth-order valence-electron chi connectivity index (χ4n) is 2.47. The number of urea groups is 1. The lowest BCUT2D eigenvalue weighted by atomic mass is 10.1. The Hall–Kier alpha value is -3.92. The normalized spacial score (nSPS) is 10.5. The second kappa shape index (κ2) is 8.97. The number of benzene rings is 2. The van der Waals surface area contributed by atoms with Crippen LogP contribution in [0.2, 0.25) is 0 Å². The predicted molar refractivity (Wildman–Crippen MR) is 104 cm³/mol. The van der Waals surface area contributed by atoms with E-state index in [4.69, 9.17) is 5.26 Å². The smallest absolute Gasteiger partial charge is 0.307 e. The van der Waals surface area contributed by atoms with E-state index in [2.05, 4.69) is 27.0 Å². The molecule has 0 spiro atoms. The zero-order valence-electron chi connectivity index (χ0n) is 14.5. The quantitative estimate of drug-likeness (QED) is 0.520. The van der Waals surface area contributed by atoms with E-state index in [0.717, 1.165) is 16.8 Å². The fourth-order valence-corrected chi connectivity index (χ4v) is 2.47. The van der Waals surface area contributed by atoms with Gasteiger partial charge < -0.3 is 5.32 Å². The van der Waals surface area contributed by atoms with E-state index in [9.17, 15) is 4.79 Å². The molecule has 0 aliphatic heterocycles. The van der Waals surface area contributed by atoms with Crippen molar-refractivity contribution < 1.29 is 4.79 Å². The molecule has 7 heteroatoms. The van der Waals surface area contributed by atoms with Crippen LogP contribution in [0.25, 0.3) is 11.3 Å². The Kier molecular flexibility index (Phi) is 5.94. The highest BCUT2D eigenvalue weighted by atomic mass is 16.2. The van der Waals surface area contributed by atoms with Gasteiger partial charge in [-0.2, -0.15) is 15.5 Å². The van der Waals surface area contributed by atoms with Crippen molar-refractivity contribution in [3.8, 4) is 17.3 Å². The lowest BCUT2D eigenvalue weighted by Gasteiger charge is -2.03. The number of aromatic nitrogens is 2. The molecule has 2 aromatic carbocycles. The third-order valence-electron chi connectivity index (χ3n) is 3.69. The van der Waals surface area contributed by atoms with Crippen LogP contribution in [-0.2, 0) is 6.54 Å². The molecule has 0 saturated heterocycles. The van der Waals surface area contributed by atoms with Crippen molar-refractivity contribution in [2.75, 3.05) is 5.32 Å². The molecule has 1 aromatic heterocycles. The predicted octanol–water partition coefficient (Wildman–Crippen LogP) is 3.62. The maximum atomic E-state index is 11.9. The molecule has 0 saturated carbocycles. The van der Waals surface area contributed by atoms with Crippen LogP contribution in [-0.4, -0.2) is 22.0 Å². The number of nitriles is 1. The fraction of sp³-hybridized carbons (Fsp3) is 0.100. The monoisotopic (exact) mass is 358 g/mol. The highest BCUT2D eigenvalue weighted by Gasteiger charge is 2.09. The van der Waals surface area contributed by atoms with Crippen LogP contribution in [0.1, 0.15) is 12.0 Å².